The molecule has 0 unspecified atom stereocenters. The molecule has 1 N–H and O–H groups in total. The van der Waals surface area contributed by atoms with E-state index in [-0.39, 0.29) is 0 Å². The molecule has 0 saturated heterocycles. The molecular weight excluding hydrogens is 284 g/mol. The van der Waals surface area contributed by atoms with Gasteiger partial charge in [0.1, 0.15) is 12.4 Å². The highest BCUT2D eigenvalue weighted by Gasteiger charge is 1.99. The van der Waals surface area contributed by atoms with Crippen molar-refractivity contribution in [3.63, 3.8) is 0 Å². The lowest BCUT2D eigenvalue weighted by molar-refractivity contribution is 0.301. The van der Waals surface area contributed by atoms with Crippen molar-refractivity contribution in [2.24, 2.45) is 5.92 Å². The van der Waals surface area contributed by atoms with E-state index >= 15 is 0 Å². The first-order valence-corrected chi connectivity index (χ1v) is 7.54. The molecule has 0 radical (unpaired) electrons. The van der Waals surface area contributed by atoms with E-state index in [1.165, 1.54) is 5.56 Å². The van der Waals surface area contributed by atoms with Crippen molar-refractivity contribution in [2.45, 2.75) is 27.0 Å². The molecule has 21 heavy (non-hydrogen) atoms. The van der Waals surface area contributed by atoms with Crippen molar-refractivity contribution in [3.05, 3.63) is 58.9 Å². The van der Waals surface area contributed by atoms with Crippen molar-refractivity contribution in [2.75, 3.05) is 6.54 Å². The maximum absolute atomic E-state index is 5.83. The van der Waals surface area contributed by atoms with Crippen LogP contribution in [-0.2, 0) is 13.2 Å². The number of hydrogen-bond acceptors (Lipinski definition) is 3. The van der Waals surface area contributed by atoms with Crippen LogP contribution < -0.4 is 10.1 Å². The van der Waals surface area contributed by atoms with Gasteiger partial charge in [0.05, 0.1) is 5.69 Å². The summed E-state index contributed by atoms with van der Waals surface area (Å²) in [5.41, 5.74) is 2.10. The Morgan fingerprint density at radius 1 is 1.14 bits per heavy atom. The fourth-order valence-electron chi connectivity index (χ4n) is 1.84. The lowest BCUT2D eigenvalue weighted by Crippen LogP contribution is -2.19. The van der Waals surface area contributed by atoms with E-state index in [1.807, 2.05) is 36.5 Å². The molecule has 0 aliphatic carbocycles. The summed E-state index contributed by atoms with van der Waals surface area (Å²) in [5, 5.41) is 4.11. The summed E-state index contributed by atoms with van der Waals surface area (Å²) in [7, 11) is 0. The quantitative estimate of drug-likeness (QED) is 0.837. The second kappa shape index (κ2) is 8.01. The topological polar surface area (TPSA) is 34.1 Å². The largest absolute Gasteiger partial charge is 0.487 e. The van der Waals surface area contributed by atoms with Gasteiger partial charge in [-0.2, -0.15) is 0 Å². The number of benzene rings is 1. The molecule has 2 rings (SSSR count). The molecule has 0 aliphatic rings. The van der Waals surface area contributed by atoms with E-state index in [9.17, 15) is 0 Å². The van der Waals surface area contributed by atoms with Gasteiger partial charge in [0.15, 0.2) is 0 Å². The van der Waals surface area contributed by atoms with E-state index in [2.05, 4.69) is 30.2 Å². The second-order valence-corrected chi connectivity index (χ2v) is 5.86. The van der Waals surface area contributed by atoms with Crippen LogP contribution in [0.1, 0.15) is 25.1 Å². The van der Waals surface area contributed by atoms with Crippen LogP contribution in [0.15, 0.2) is 42.6 Å². The van der Waals surface area contributed by atoms with Gasteiger partial charge in [-0.3, -0.25) is 4.98 Å². The number of nitrogens with zero attached hydrogens (tertiary/aromatic N) is 1. The Balaban J connectivity index is 1.80. The van der Waals surface area contributed by atoms with E-state index in [0.29, 0.717) is 17.5 Å². The third kappa shape index (κ3) is 5.74. The summed E-state index contributed by atoms with van der Waals surface area (Å²) in [6.45, 7) is 6.72. The minimum Gasteiger partial charge on any atom is -0.487 e. The van der Waals surface area contributed by atoms with Crippen molar-refractivity contribution >= 4 is 11.6 Å². The van der Waals surface area contributed by atoms with Crippen LogP contribution in [0.5, 0.6) is 5.75 Å². The van der Waals surface area contributed by atoms with Gasteiger partial charge in [0.25, 0.3) is 0 Å². The molecule has 3 nitrogen and oxygen atoms in total. The van der Waals surface area contributed by atoms with Gasteiger partial charge in [-0.25, -0.2) is 0 Å². The Morgan fingerprint density at radius 3 is 2.52 bits per heavy atom. The molecule has 0 spiro atoms. The molecule has 0 atom stereocenters. The smallest absolute Gasteiger partial charge is 0.130 e. The monoisotopic (exact) mass is 304 g/mol. The standard InChI is InChI=1S/C17H21ClN2O/c1-13(2)9-19-10-14-3-6-16(20-11-14)12-21-17-7-4-15(18)5-8-17/h3-8,11,13,19H,9-10,12H2,1-2H3. The fourth-order valence-corrected chi connectivity index (χ4v) is 1.96. The van der Waals surface area contributed by atoms with Gasteiger partial charge in [-0.15, -0.1) is 0 Å². The zero-order chi connectivity index (χ0) is 15.1. The Hall–Kier alpha value is -1.58. The highest BCUT2D eigenvalue weighted by atomic mass is 35.5. The van der Waals surface area contributed by atoms with E-state index in [0.717, 1.165) is 24.5 Å². The average Bonchev–Trinajstić information content (AvgIpc) is 2.48. The maximum Gasteiger partial charge on any atom is 0.130 e. The molecule has 1 heterocycles. The molecule has 1 aromatic heterocycles. The summed E-state index contributed by atoms with van der Waals surface area (Å²) in [5.74, 6) is 1.45. The molecule has 112 valence electrons. The summed E-state index contributed by atoms with van der Waals surface area (Å²) >= 11 is 5.83. The van der Waals surface area contributed by atoms with Crippen molar-refractivity contribution in [1.82, 2.24) is 10.3 Å². The molecule has 0 saturated carbocycles. The average molecular weight is 305 g/mol. The SMILES string of the molecule is CC(C)CNCc1ccc(COc2ccc(Cl)cc2)nc1. The van der Waals surface area contributed by atoms with Crippen molar-refractivity contribution < 1.29 is 4.74 Å². The zero-order valence-electron chi connectivity index (χ0n) is 12.5. The second-order valence-electron chi connectivity index (χ2n) is 5.43. The molecule has 0 bridgehead atoms. The summed E-state index contributed by atoms with van der Waals surface area (Å²) in [4.78, 5) is 4.42. The van der Waals surface area contributed by atoms with Gasteiger partial charge in [-0.1, -0.05) is 31.5 Å². The van der Waals surface area contributed by atoms with Crippen LogP contribution in [0, 0.1) is 5.92 Å². The summed E-state index contributed by atoms with van der Waals surface area (Å²) < 4.78 is 5.66. The number of nitrogens with one attached hydrogen (secondary N) is 1. The van der Waals surface area contributed by atoms with Crippen LogP contribution in [0.25, 0.3) is 0 Å². The van der Waals surface area contributed by atoms with Crippen molar-refractivity contribution in [3.8, 4) is 5.75 Å². The molecule has 0 aliphatic heterocycles. The first-order valence-electron chi connectivity index (χ1n) is 7.16. The summed E-state index contributed by atoms with van der Waals surface area (Å²) in [6.07, 6.45) is 1.90. The number of halogens is 1. The van der Waals surface area contributed by atoms with Gasteiger partial charge in [0.2, 0.25) is 0 Å². The number of ether oxygens (including phenoxy) is 1. The minimum absolute atomic E-state index is 0.460. The fraction of sp³-hybridized carbons (Fsp3) is 0.353. The van der Waals surface area contributed by atoms with Gasteiger partial charge >= 0.3 is 0 Å². The Kier molecular flexibility index (Phi) is 6.03. The van der Waals surface area contributed by atoms with Crippen LogP contribution in [0.4, 0.5) is 0 Å². The highest BCUT2D eigenvalue weighted by Crippen LogP contribution is 2.16. The number of rotatable bonds is 7. The van der Waals surface area contributed by atoms with Crippen LogP contribution in [-0.4, -0.2) is 11.5 Å². The van der Waals surface area contributed by atoms with Crippen molar-refractivity contribution in [1.29, 1.82) is 0 Å². The lowest BCUT2D eigenvalue weighted by atomic mass is 10.2. The van der Waals surface area contributed by atoms with Crippen LogP contribution in [0.2, 0.25) is 5.02 Å². The lowest BCUT2D eigenvalue weighted by Gasteiger charge is -2.08. The predicted molar refractivity (Wildman–Crippen MR) is 86.6 cm³/mol. The normalized spacial score (nSPS) is 10.9. The summed E-state index contributed by atoms with van der Waals surface area (Å²) in [6, 6.07) is 11.4. The molecule has 0 fully saturated rings. The molecule has 0 amide bonds. The van der Waals surface area contributed by atoms with E-state index in [4.69, 9.17) is 16.3 Å². The van der Waals surface area contributed by atoms with E-state index in [1.54, 1.807) is 0 Å². The first kappa shape index (κ1) is 15.8. The maximum atomic E-state index is 5.83. The molecular formula is C17H21ClN2O. The van der Waals surface area contributed by atoms with E-state index < -0.39 is 0 Å². The van der Waals surface area contributed by atoms with Crippen LogP contribution >= 0.6 is 11.6 Å². The number of hydrogen-bond donors (Lipinski definition) is 1. The van der Waals surface area contributed by atoms with Crippen LogP contribution in [0.3, 0.4) is 0 Å². The zero-order valence-corrected chi connectivity index (χ0v) is 13.2. The predicted octanol–water partition coefficient (Wildman–Crippen LogP) is 4.06. The third-order valence-electron chi connectivity index (χ3n) is 2.97. The van der Waals surface area contributed by atoms with Gasteiger partial charge in [-0.05, 0) is 48.4 Å². The minimum atomic E-state index is 0.460. The van der Waals surface area contributed by atoms with Gasteiger partial charge < -0.3 is 10.1 Å². The Labute approximate surface area is 131 Å². The molecule has 1 aromatic carbocycles. The first-order chi connectivity index (χ1) is 10.1. The third-order valence-corrected chi connectivity index (χ3v) is 3.22. The number of aromatic nitrogens is 1. The highest BCUT2D eigenvalue weighted by molar-refractivity contribution is 6.30. The Bertz CT molecular complexity index is 538. The molecule has 2 aromatic rings. The van der Waals surface area contributed by atoms with Gasteiger partial charge in [0, 0.05) is 17.8 Å². The Morgan fingerprint density at radius 2 is 1.90 bits per heavy atom. The molecule has 4 heteroatoms. The number of pyridine rings is 1.